The molecule has 0 saturated heterocycles. The molecule has 0 saturated carbocycles. The van der Waals surface area contributed by atoms with Gasteiger partial charge in [-0.2, -0.15) is 0 Å². The fourth-order valence-corrected chi connectivity index (χ4v) is 9.61. The molecule has 3 heterocycles. The highest BCUT2D eigenvalue weighted by molar-refractivity contribution is 8.03. The van der Waals surface area contributed by atoms with E-state index in [1.54, 1.807) is 6.33 Å². The SMILES string of the molecule is C1=CC2=C(CC1)N(c1ccccc1)c1ccc(-c3cccc4c5c6ccccc6ccc5n(-c5cccc(-c6cc(-c7ccccc7)ncn6)c5)c34)cc1S2. The minimum Gasteiger partial charge on any atom is -0.312 e. The maximum atomic E-state index is 4.75. The van der Waals surface area contributed by atoms with Crippen molar-refractivity contribution >= 4 is 55.7 Å². The summed E-state index contributed by atoms with van der Waals surface area (Å²) >= 11 is 1.89. The van der Waals surface area contributed by atoms with Crippen molar-refractivity contribution in [2.45, 2.75) is 17.7 Å². The average molecular weight is 723 g/mol. The van der Waals surface area contributed by atoms with Crippen LogP contribution in [0.2, 0.25) is 0 Å². The summed E-state index contributed by atoms with van der Waals surface area (Å²) in [7, 11) is 0. The first-order valence-corrected chi connectivity index (χ1v) is 19.6. The van der Waals surface area contributed by atoms with Crippen molar-refractivity contribution in [1.29, 1.82) is 0 Å². The van der Waals surface area contributed by atoms with Crippen molar-refractivity contribution in [3.63, 3.8) is 0 Å². The highest BCUT2D eigenvalue weighted by atomic mass is 32.2. The predicted octanol–water partition coefficient (Wildman–Crippen LogP) is 13.5. The minimum atomic E-state index is 0.891. The van der Waals surface area contributed by atoms with Crippen LogP contribution in [-0.4, -0.2) is 14.5 Å². The largest absolute Gasteiger partial charge is 0.312 e. The lowest BCUT2D eigenvalue weighted by atomic mass is 9.99. The second-order valence-electron chi connectivity index (χ2n) is 14.1. The first-order valence-electron chi connectivity index (χ1n) is 18.8. The Balaban J connectivity index is 1.13. The molecule has 7 aromatic carbocycles. The van der Waals surface area contributed by atoms with Gasteiger partial charge in [-0.3, -0.25) is 0 Å². The van der Waals surface area contributed by atoms with E-state index in [0.717, 1.165) is 41.0 Å². The standard InChI is InChI=1S/C50H34N4S/c1-3-14-34(15-4-1)42-31-43(52-32-51-42)36-16-11-19-38(29-36)54-46-28-25-33-13-7-8-20-39(33)49(46)41-22-12-21-40(50(41)54)35-26-27-45-48(30-35)55-47-24-10-9-23-44(47)53(45)37-17-5-2-6-18-37/h1-8,10-22,24-32H,9,23H2. The maximum Gasteiger partial charge on any atom is 0.116 e. The summed E-state index contributed by atoms with van der Waals surface area (Å²) in [5.74, 6) is 0. The van der Waals surface area contributed by atoms with Gasteiger partial charge < -0.3 is 9.47 Å². The van der Waals surface area contributed by atoms with Gasteiger partial charge in [0, 0.05) is 54.3 Å². The van der Waals surface area contributed by atoms with Gasteiger partial charge in [0.15, 0.2) is 0 Å². The van der Waals surface area contributed by atoms with Gasteiger partial charge in [0.25, 0.3) is 0 Å². The second-order valence-corrected chi connectivity index (χ2v) is 15.2. The van der Waals surface area contributed by atoms with E-state index in [2.05, 4.69) is 172 Å². The van der Waals surface area contributed by atoms with Gasteiger partial charge in [0.2, 0.25) is 0 Å². The van der Waals surface area contributed by atoms with E-state index < -0.39 is 0 Å². The second kappa shape index (κ2) is 13.0. The molecule has 9 aromatic rings. The fourth-order valence-electron chi connectivity index (χ4n) is 8.45. The Kier molecular flexibility index (Phi) is 7.52. The van der Waals surface area contributed by atoms with Gasteiger partial charge in [0.1, 0.15) is 6.33 Å². The summed E-state index contributed by atoms with van der Waals surface area (Å²) in [6.45, 7) is 0. The van der Waals surface area contributed by atoms with Crippen molar-refractivity contribution in [1.82, 2.24) is 14.5 Å². The fraction of sp³-hybridized carbons (Fsp3) is 0.0400. The molecule has 2 aliphatic rings. The van der Waals surface area contributed by atoms with Crippen molar-refractivity contribution in [3.05, 3.63) is 193 Å². The quantitative estimate of drug-likeness (QED) is 0.177. The Labute approximate surface area is 323 Å². The molecule has 1 aliphatic heterocycles. The summed E-state index contributed by atoms with van der Waals surface area (Å²) in [6, 6.07) is 59.1. The number of allylic oxidation sites excluding steroid dienone is 3. The number of hydrogen-bond acceptors (Lipinski definition) is 4. The molecule has 0 radical (unpaired) electrons. The number of fused-ring (bicyclic) bond motifs is 6. The Morgan fingerprint density at radius 3 is 2.20 bits per heavy atom. The zero-order valence-corrected chi connectivity index (χ0v) is 30.7. The van der Waals surface area contributed by atoms with E-state index >= 15 is 0 Å². The number of nitrogens with zero attached hydrogens (tertiary/aromatic N) is 4. The normalized spacial score (nSPS) is 13.8. The van der Waals surface area contributed by atoms with Crippen LogP contribution in [0.4, 0.5) is 11.4 Å². The first-order chi connectivity index (χ1) is 27.3. The number of para-hydroxylation sites is 2. The molecule has 5 heteroatoms. The minimum absolute atomic E-state index is 0.891. The van der Waals surface area contributed by atoms with Crippen LogP contribution in [0.15, 0.2) is 198 Å². The van der Waals surface area contributed by atoms with Crippen LogP contribution in [0, 0.1) is 0 Å². The lowest BCUT2D eigenvalue weighted by Gasteiger charge is -2.36. The number of hydrogen-bond donors (Lipinski definition) is 0. The third-order valence-corrected chi connectivity index (χ3v) is 12.1. The molecule has 2 aromatic heterocycles. The van der Waals surface area contributed by atoms with E-state index in [9.17, 15) is 0 Å². The third kappa shape index (κ3) is 5.30. The Morgan fingerprint density at radius 1 is 0.564 bits per heavy atom. The highest BCUT2D eigenvalue weighted by Gasteiger charge is 2.28. The molecule has 0 spiro atoms. The van der Waals surface area contributed by atoms with Crippen molar-refractivity contribution in [2.75, 3.05) is 4.90 Å². The highest BCUT2D eigenvalue weighted by Crippen LogP contribution is 2.51. The summed E-state index contributed by atoms with van der Waals surface area (Å²) in [5.41, 5.74) is 13.6. The number of thioether (sulfide) groups is 1. The lowest BCUT2D eigenvalue weighted by molar-refractivity contribution is 0.903. The van der Waals surface area contributed by atoms with Gasteiger partial charge in [0.05, 0.1) is 28.1 Å². The average Bonchev–Trinajstić information content (AvgIpc) is 3.61. The monoisotopic (exact) mass is 722 g/mol. The van der Waals surface area contributed by atoms with Gasteiger partial charge >= 0.3 is 0 Å². The molecule has 260 valence electrons. The number of anilines is 2. The van der Waals surface area contributed by atoms with Crippen LogP contribution in [0.5, 0.6) is 0 Å². The molecule has 55 heavy (non-hydrogen) atoms. The van der Waals surface area contributed by atoms with E-state index in [-0.39, 0.29) is 0 Å². The molecule has 0 amide bonds. The van der Waals surface area contributed by atoms with Crippen LogP contribution in [0.25, 0.3) is 71.9 Å². The first kappa shape index (κ1) is 31.8. The molecule has 1 aliphatic carbocycles. The smallest absolute Gasteiger partial charge is 0.116 e. The summed E-state index contributed by atoms with van der Waals surface area (Å²) in [5, 5.41) is 4.99. The molecular weight excluding hydrogens is 689 g/mol. The van der Waals surface area contributed by atoms with E-state index in [1.807, 2.05) is 30.0 Å². The Bertz CT molecular complexity index is 3020. The zero-order chi connectivity index (χ0) is 36.3. The molecule has 0 N–H and O–H groups in total. The summed E-state index contributed by atoms with van der Waals surface area (Å²) < 4.78 is 2.46. The van der Waals surface area contributed by atoms with Crippen molar-refractivity contribution in [3.8, 4) is 39.3 Å². The zero-order valence-electron chi connectivity index (χ0n) is 29.9. The van der Waals surface area contributed by atoms with Crippen LogP contribution < -0.4 is 4.90 Å². The van der Waals surface area contributed by atoms with E-state index in [4.69, 9.17) is 4.98 Å². The Morgan fingerprint density at radius 2 is 1.31 bits per heavy atom. The van der Waals surface area contributed by atoms with Crippen molar-refractivity contribution in [2.24, 2.45) is 0 Å². The molecule has 11 rings (SSSR count). The van der Waals surface area contributed by atoms with Crippen LogP contribution in [-0.2, 0) is 0 Å². The lowest BCUT2D eigenvalue weighted by Crippen LogP contribution is -2.22. The van der Waals surface area contributed by atoms with Gasteiger partial charge in [-0.1, -0.05) is 139 Å². The topological polar surface area (TPSA) is 34.0 Å². The summed E-state index contributed by atoms with van der Waals surface area (Å²) in [6.07, 6.45) is 8.38. The number of benzene rings is 7. The van der Waals surface area contributed by atoms with Crippen LogP contribution >= 0.6 is 11.8 Å². The molecule has 0 fully saturated rings. The number of rotatable bonds is 5. The maximum absolute atomic E-state index is 4.75. The number of aromatic nitrogens is 3. The predicted molar refractivity (Wildman–Crippen MR) is 230 cm³/mol. The molecular formula is C50H34N4S. The van der Waals surface area contributed by atoms with Crippen LogP contribution in [0.3, 0.4) is 0 Å². The van der Waals surface area contributed by atoms with E-state index in [1.165, 1.54) is 70.6 Å². The molecule has 0 unspecified atom stereocenters. The molecule has 0 bridgehead atoms. The Hall–Kier alpha value is -6.69. The third-order valence-electron chi connectivity index (χ3n) is 10.9. The van der Waals surface area contributed by atoms with Gasteiger partial charge in [-0.25, -0.2) is 9.97 Å². The van der Waals surface area contributed by atoms with Crippen molar-refractivity contribution < 1.29 is 0 Å². The van der Waals surface area contributed by atoms with E-state index in [0.29, 0.717) is 0 Å². The summed E-state index contributed by atoms with van der Waals surface area (Å²) in [4.78, 5) is 14.4. The molecule has 0 atom stereocenters. The van der Waals surface area contributed by atoms with Crippen LogP contribution in [0.1, 0.15) is 12.8 Å². The van der Waals surface area contributed by atoms with Gasteiger partial charge in [-0.15, -0.1) is 0 Å². The van der Waals surface area contributed by atoms with Gasteiger partial charge in [-0.05, 0) is 77.7 Å². The molecule has 4 nitrogen and oxygen atoms in total.